The fourth-order valence-electron chi connectivity index (χ4n) is 2.48. The molecule has 1 aromatic carbocycles. The van der Waals surface area contributed by atoms with Gasteiger partial charge in [0.25, 0.3) is 0 Å². The van der Waals surface area contributed by atoms with E-state index in [4.69, 9.17) is 0 Å². The van der Waals surface area contributed by atoms with Gasteiger partial charge in [0.1, 0.15) is 5.82 Å². The molecule has 1 saturated heterocycles. The van der Waals surface area contributed by atoms with Gasteiger partial charge in [-0.1, -0.05) is 12.1 Å². The van der Waals surface area contributed by atoms with Crippen LogP contribution in [0.25, 0.3) is 0 Å². The third-order valence-corrected chi connectivity index (χ3v) is 3.42. The van der Waals surface area contributed by atoms with Gasteiger partial charge in [-0.05, 0) is 50.3 Å². The van der Waals surface area contributed by atoms with Crippen molar-refractivity contribution in [3.8, 4) is 0 Å². The van der Waals surface area contributed by atoms with Crippen molar-refractivity contribution in [3.63, 3.8) is 0 Å². The van der Waals surface area contributed by atoms with Crippen LogP contribution >= 0.6 is 0 Å². The van der Waals surface area contributed by atoms with Crippen molar-refractivity contribution in [2.75, 3.05) is 13.1 Å². The summed E-state index contributed by atoms with van der Waals surface area (Å²) < 4.78 is 12.8. The first-order valence-electron chi connectivity index (χ1n) is 6.84. The first-order valence-corrected chi connectivity index (χ1v) is 6.84. The molecule has 1 N–H and O–H groups in total. The van der Waals surface area contributed by atoms with E-state index in [0.717, 1.165) is 31.5 Å². The number of benzene rings is 1. The normalized spacial score (nSPS) is 18.9. The average Bonchev–Trinajstić information content (AvgIpc) is 2.80. The maximum Gasteiger partial charge on any atom is 0.317 e. The van der Waals surface area contributed by atoms with E-state index >= 15 is 0 Å². The van der Waals surface area contributed by atoms with E-state index in [9.17, 15) is 9.18 Å². The second-order valence-corrected chi connectivity index (χ2v) is 5.54. The molecule has 2 amide bonds. The first-order chi connectivity index (χ1) is 9.04. The average molecular weight is 264 g/mol. The summed E-state index contributed by atoms with van der Waals surface area (Å²) in [7, 11) is 0. The van der Waals surface area contributed by atoms with Crippen molar-refractivity contribution in [1.29, 1.82) is 0 Å². The van der Waals surface area contributed by atoms with Crippen molar-refractivity contribution in [2.24, 2.45) is 5.92 Å². The Hall–Kier alpha value is -1.58. The molecule has 0 bridgehead atoms. The van der Waals surface area contributed by atoms with Gasteiger partial charge in [-0.25, -0.2) is 9.18 Å². The van der Waals surface area contributed by atoms with E-state index in [-0.39, 0.29) is 17.9 Å². The van der Waals surface area contributed by atoms with Gasteiger partial charge in [0.05, 0.1) is 0 Å². The smallest absolute Gasteiger partial charge is 0.317 e. The molecule has 1 unspecified atom stereocenters. The molecule has 0 saturated carbocycles. The predicted molar refractivity (Wildman–Crippen MR) is 73.5 cm³/mol. The zero-order valence-corrected chi connectivity index (χ0v) is 11.5. The van der Waals surface area contributed by atoms with Gasteiger partial charge < -0.3 is 10.2 Å². The molecule has 2 rings (SSSR count). The number of carbonyl (C=O) groups is 1. The summed E-state index contributed by atoms with van der Waals surface area (Å²) in [5.74, 6) is 0.275. The molecule has 19 heavy (non-hydrogen) atoms. The van der Waals surface area contributed by atoms with E-state index in [1.54, 1.807) is 0 Å². The van der Waals surface area contributed by atoms with Crippen LogP contribution < -0.4 is 5.32 Å². The maximum absolute atomic E-state index is 12.8. The fourth-order valence-corrected chi connectivity index (χ4v) is 2.48. The van der Waals surface area contributed by atoms with E-state index < -0.39 is 0 Å². The lowest BCUT2D eigenvalue weighted by molar-refractivity contribution is 0.204. The Labute approximate surface area is 113 Å². The van der Waals surface area contributed by atoms with Gasteiger partial charge in [0, 0.05) is 19.1 Å². The number of halogens is 1. The van der Waals surface area contributed by atoms with Gasteiger partial charge in [0.15, 0.2) is 0 Å². The summed E-state index contributed by atoms with van der Waals surface area (Å²) in [6.45, 7) is 5.52. The molecule has 0 radical (unpaired) electrons. The molecule has 4 heteroatoms. The van der Waals surface area contributed by atoms with E-state index in [0.29, 0.717) is 5.92 Å². The number of likely N-dealkylation sites (tertiary alicyclic amines) is 1. The van der Waals surface area contributed by atoms with Gasteiger partial charge >= 0.3 is 6.03 Å². The summed E-state index contributed by atoms with van der Waals surface area (Å²) in [4.78, 5) is 13.7. The Balaban J connectivity index is 1.85. The molecule has 104 valence electrons. The molecule has 1 aliphatic rings. The molecule has 1 atom stereocenters. The summed E-state index contributed by atoms with van der Waals surface area (Å²) >= 11 is 0. The van der Waals surface area contributed by atoms with E-state index in [1.807, 2.05) is 30.9 Å². The Morgan fingerprint density at radius 3 is 2.74 bits per heavy atom. The van der Waals surface area contributed by atoms with Crippen LogP contribution in [0, 0.1) is 11.7 Å². The van der Waals surface area contributed by atoms with Crippen LogP contribution in [0.4, 0.5) is 9.18 Å². The number of nitrogens with one attached hydrogen (secondary N) is 1. The minimum Gasteiger partial charge on any atom is -0.336 e. The third kappa shape index (κ3) is 3.94. The third-order valence-electron chi connectivity index (χ3n) is 3.42. The molecule has 1 fully saturated rings. The number of amides is 2. The van der Waals surface area contributed by atoms with Gasteiger partial charge in [-0.15, -0.1) is 0 Å². The predicted octanol–water partition coefficient (Wildman–Crippen LogP) is 2.81. The lowest BCUT2D eigenvalue weighted by Gasteiger charge is -2.19. The number of urea groups is 1. The second kappa shape index (κ2) is 6.04. The lowest BCUT2D eigenvalue weighted by Crippen LogP contribution is -2.41. The van der Waals surface area contributed by atoms with Crippen molar-refractivity contribution >= 4 is 6.03 Å². The fraction of sp³-hybridized carbons (Fsp3) is 0.533. The van der Waals surface area contributed by atoms with Crippen LogP contribution in [0.3, 0.4) is 0 Å². The number of nitrogens with zero attached hydrogens (tertiary/aromatic N) is 1. The Kier molecular flexibility index (Phi) is 4.40. The Morgan fingerprint density at radius 1 is 1.42 bits per heavy atom. The molecular formula is C15H21FN2O. The standard InChI is InChI=1S/C15H21FN2O/c1-11(2)17-15(19)18-8-7-13(10-18)9-12-3-5-14(16)6-4-12/h3-6,11,13H,7-10H2,1-2H3,(H,17,19). The highest BCUT2D eigenvalue weighted by Crippen LogP contribution is 2.21. The minimum absolute atomic E-state index is 0.0246. The molecular weight excluding hydrogens is 243 g/mol. The number of carbonyl (C=O) groups excluding carboxylic acids is 1. The van der Waals surface area contributed by atoms with Gasteiger partial charge in [-0.3, -0.25) is 0 Å². The molecule has 1 heterocycles. The maximum atomic E-state index is 12.8. The second-order valence-electron chi connectivity index (χ2n) is 5.54. The highest BCUT2D eigenvalue weighted by atomic mass is 19.1. The Morgan fingerprint density at radius 2 is 2.11 bits per heavy atom. The molecule has 0 spiro atoms. The molecule has 0 aliphatic carbocycles. The van der Waals surface area contributed by atoms with Crippen LogP contribution in [-0.2, 0) is 6.42 Å². The van der Waals surface area contributed by atoms with Crippen LogP contribution in [-0.4, -0.2) is 30.1 Å². The SMILES string of the molecule is CC(C)NC(=O)N1CCC(Cc2ccc(F)cc2)C1. The molecule has 1 aromatic rings. The van der Waals surface area contributed by atoms with Crippen molar-refractivity contribution < 1.29 is 9.18 Å². The molecule has 0 aromatic heterocycles. The van der Waals surface area contributed by atoms with E-state index in [2.05, 4.69) is 5.32 Å². The lowest BCUT2D eigenvalue weighted by atomic mass is 9.99. The van der Waals surface area contributed by atoms with Crippen LogP contribution in [0.15, 0.2) is 24.3 Å². The number of rotatable bonds is 3. The first kappa shape index (κ1) is 13.8. The zero-order valence-electron chi connectivity index (χ0n) is 11.5. The van der Waals surface area contributed by atoms with Gasteiger partial charge in [0.2, 0.25) is 0 Å². The summed E-state index contributed by atoms with van der Waals surface area (Å²) in [6.07, 6.45) is 1.93. The minimum atomic E-state index is -0.201. The van der Waals surface area contributed by atoms with Crippen molar-refractivity contribution in [2.45, 2.75) is 32.7 Å². The van der Waals surface area contributed by atoms with Crippen LogP contribution in [0.2, 0.25) is 0 Å². The topological polar surface area (TPSA) is 32.3 Å². The van der Waals surface area contributed by atoms with Crippen molar-refractivity contribution in [3.05, 3.63) is 35.6 Å². The summed E-state index contributed by atoms with van der Waals surface area (Å²) in [5, 5.41) is 2.91. The van der Waals surface area contributed by atoms with Crippen LogP contribution in [0.1, 0.15) is 25.8 Å². The zero-order chi connectivity index (χ0) is 13.8. The van der Waals surface area contributed by atoms with Crippen LogP contribution in [0.5, 0.6) is 0 Å². The van der Waals surface area contributed by atoms with E-state index in [1.165, 1.54) is 12.1 Å². The largest absolute Gasteiger partial charge is 0.336 e. The Bertz CT molecular complexity index is 430. The van der Waals surface area contributed by atoms with Crippen molar-refractivity contribution in [1.82, 2.24) is 10.2 Å². The molecule has 3 nitrogen and oxygen atoms in total. The number of hydrogen-bond acceptors (Lipinski definition) is 1. The number of hydrogen-bond donors (Lipinski definition) is 1. The van der Waals surface area contributed by atoms with Gasteiger partial charge in [-0.2, -0.15) is 0 Å². The summed E-state index contributed by atoms with van der Waals surface area (Å²) in [6, 6.07) is 6.83. The molecule has 1 aliphatic heterocycles. The monoisotopic (exact) mass is 264 g/mol. The quantitative estimate of drug-likeness (QED) is 0.894. The highest BCUT2D eigenvalue weighted by molar-refractivity contribution is 5.74. The highest BCUT2D eigenvalue weighted by Gasteiger charge is 2.26. The summed E-state index contributed by atoms with van der Waals surface area (Å²) in [5.41, 5.74) is 1.14.